The number of carbonyl (C=O) groups is 1. The highest BCUT2D eigenvalue weighted by molar-refractivity contribution is 5.90. The molecule has 98 valence electrons. The van der Waals surface area contributed by atoms with Crippen LogP contribution in [-0.2, 0) is 4.74 Å². The number of nitrogens with one attached hydrogen (secondary N) is 1. The smallest absolute Gasteiger partial charge is 0.338 e. The first kappa shape index (κ1) is 12.7. The summed E-state index contributed by atoms with van der Waals surface area (Å²) in [5, 5.41) is 0. The topological polar surface area (TPSA) is 49.2 Å². The minimum atomic E-state index is -0.318. The molecule has 0 saturated carbocycles. The third-order valence-corrected chi connectivity index (χ3v) is 2.66. The number of ether oxygens (including phenoxy) is 3. The van der Waals surface area contributed by atoms with Crippen molar-refractivity contribution in [2.45, 2.75) is 6.42 Å². The van der Waals surface area contributed by atoms with E-state index in [2.05, 4.69) is 14.1 Å². The zero-order chi connectivity index (χ0) is 13.0. The lowest BCUT2D eigenvalue weighted by atomic mass is 10.2. The zero-order valence-corrected chi connectivity index (χ0v) is 10.7. The van der Waals surface area contributed by atoms with Crippen LogP contribution in [0.4, 0.5) is 0 Å². The van der Waals surface area contributed by atoms with Crippen LogP contribution in [0, 0.1) is 0 Å². The molecule has 5 heteroatoms. The molecule has 0 aromatic heterocycles. The second-order valence-electron chi connectivity index (χ2n) is 4.51. The second kappa shape index (κ2) is 5.73. The fourth-order valence-electron chi connectivity index (χ4n) is 1.70. The van der Waals surface area contributed by atoms with Gasteiger partial charge in [-0.2, -0.15) is 0 Å². The van der Waals surface area contributed by atoms with E-state index < -0.39 is 0 Å². The average molecular weight is 252 g/mol. The van der Waals surface area contributed by atoms with E-state index in [0.717, 1.165) is 13.0 Å². The highest BCUT2D eigenvalue weighted by Crippen LogP contribution is 2.32. The van der Waals surface area contributed by atoms with E-state index in [1.54, 1.807) is 18.2 Å². The molecule has 0 atom stereocenters. The number of rotatable bonds is 5. The Balaban J connectivity index is 1.85. The van der Waals surface area contributed by atoms with Crippen LogP contribution < -0.4 is 14.4 Å². The second-order valence-corrected chi connectivity index (χ2v) is 4.51. The summed E-state index contributed by atoms with van der Waals surface area (Å²) in [7, 11) is 4.14. The van der Waals surface area contributed by atoms with Crippen molar-refractivity contribution in [3.05, 3.63) is 23.8 Å². The lowest BCUT2D eigenvalue weighted by Crippen LogP contribution is -3.05. The van der Waals surface area contributed by atoms with Gasteiger partial charge in [0.1, 0.15) is 0 Å². The van der Waals surface area contributed by atoms with Gasteiger partial charge in [0.2, 0.25) is 6.79 Å². The molecule has 1 aliphatic heterocycles. The Morgan fingerprint density at radius 2 is 2.11 bits per heavy atom. The van der Waals surface area contributed by atoms with E-state index in [9.17, 15) is 4.79 Å². The van der Waals surface area contributed by atoms with Gasteiger partial charge in [0.25, 0.3) is 0 Å². The standard InChI is InChI=1S/C13H17NO4/c1-14(2)6-3-7-16-13(15)10-4-5-11-12(8-10)18-9-17-11/h4-5,8H,3,6-7,9H2,1-2H3/p+1. The summed E-state index contributed by atoms with van der Waals surface area (Å²) in [6.45, 7) is 1.63. The van der Waals surface area contributed by atoms with E-state index in [1.807, 2.05) is 0 Å². The monoisotopic (exact) mass is 252 g/mol. The molecule has 1 aromatic rings. The maximum Gasteiger partial charge on any atom is 0.338 e. The van der Waals surface area contributed by atoms with Crippen LogP contribution in [0.5, 0.6) is 11.5 Å². The summed E-state index contributed by atoms with van der Waals surface area (Å²) in [6, 6.07) is 5.07. The van der Waals surface area contributed by atoms with Crippen molar-refractivity contribution in [2.24, 2.45) is 0 Å². The van der Waals surface area contributed by atoms with Gasteiger partial charge in [-0.15, -0.1) is 0 Å². The van der Waals surface area contributed by atoms with Crippen LogP contribution >= 0.6 is 0 Å². The Kier molecular flexibility index (Phi) is 4.04. The average Bonchev–Trinajstić information content (AvgIpc) is 2.81. The molecule has 2 rings (SSSR count). The SMILES string of the molecule is C[NH+](C)CCCOC(=O)c1ccc2c(c1)OCO2. The molecule has 1 aromatic carbocycles. The predicted molar refractivity (Wildman–Crippen MR) is 65.1 cm³/mol. The Morgan fingerprint density at radius 3 is 2.89 bits per heavy atom. The largest absolute Gasteiger partial charge is 0.462 e. The van der Waals surface area contributed by atoms with Crippen molar-refractivity contribution < 1.29 is 23.9 Å². The van der Waals surface area contributed by atoms with E-state index in [-0.39, 0.29) is 12.8 Å². The molecule has 18 heavy (non-hydrogen) atoms. The lowest BCUT2D eigenvalue weighted by molar-refractivity contribution is -0.858. The van der Waals surface area contributed by atoms with Gasteiger partial charge in [0, 0.05) is 6.42 Å². The van der Waals surface area contributed by atoms with Gasteiger partial charge < -0.3 is 19.1 Å². The summed E-state index contributed by atoms with van der Waals surface area (Å²) in [5.41, 5.74) is 0.497. The van der Waals surface area contributed by atoms with E-state index in [0.29, 0.717) is 23.7 Å². The third-order valence-electron chi connectivity index (χ3n) is 2.66. The predicted octanol–water partition coefficient (Wildman–Crippen LogP) is 0.107. The maximum atomic E-state index is 11.8. The number of quaternary nitrogens is 1. The summed E-state index contributed by atoms with van der Waals surface area (Å²) >= 11 is 0. The zero-order valence-electron chi connectivity index (χ0n) is 10.7. The molecule has 0 radical (unpaired) electrons. The van der Waals surface area contributed by atoms with Crippen LogP contribution in [0.25, 0.3) is 0 Å². The van der Waals surface area contributed by atoms with Crippen LogP contribution in [0.1, 0.15) is 16.8 Å². The van der Waals surface area contributed by atoms with Gasteiger partial charge in [-0.05, 0) is 18.2 Å². The van der Waals surface area contributed by atoms with E-state index >= 15 is 0 Å². The minimum Gasteiger partial charge on any atom is -0.462 e. The minimum absolute atomic E-state index is 0.208. The molecule has 0 unspecified atom stereocenters. The maximum absolute atomic E-state index is 11.8. The normalized spacial score (nSPS) is 12.8. The molecule has 0 bridgehead atoms. The molecule has 0 fully saturated rings. The Morgan fingerprint density at radius 1 is 1.33 bits per heavy atom. The number of fused-ring (bicyclic) bond motifs is 1. The van der Waals surface area contributed by atoms with Gasteiger partial charge in [0.05, 0.1) is 32.8 Å². The lowest BCUT2D eigenvalue weighted by Gasteiger charge is -2.08. The van der Waals surface area contributed by atoms with Crippen LogP contribution in [-0.4, -0.2) is 40.0 Å². The van der Waals surface area contributed by atoms with Crippen LogP contribution in [0.15, 0.2) is 18.2 Å². The van der Waals surface area contributed by atoms with Crippen molar-refractivity contribution in [3.63, 3.8) is 0 Å². The molecular formula is C13H18NO4+. The summed E-state index contributed by atoms with van der Waals surface area (Å²) in [5.74, 6) is 0.951. The van der Waals surface area contributed by atoms with Crippen LogP contribution in [0.2, 0.25) is 0 Å². The number of hydrogen-bond acceptors (Lipinski definition) is 4. The molecule has 0 spiro atoms. The fraction of sp³-hybridized carbons (Fsp3) is 0.462. The van der Waals surface area contributed by atoms with Crippen molar-refractivity contribution >= 4 is 5.97 Å². The number of carbonyl (C=O) groups excluding carboxylic acids is 1. The van der Waals surface area contributed by atoms with Gasteiger partial charge in [-0.3, -0.25) is 0 Å². The Hall–Kier alpha value is -1.75. The van der Waals surface area contributed by atoms with Crippen molar-refractivity contribution in [3.8, 4) is 11.5 Å². The van der Waals surface area contributed by atoms with E-state index in [1.165, 1.54) is 4.90 Å². The summed E-state index contributed by atoms with van der Waals surface area (Å²) < 4.78 is 15.6. The van der Waals surface area contributed by atoms with Gasteiger partial charge >= 0.3 is 5.97 Å². The van der Waals surface area contributed by atoms with Gasteiger partial charge in [-0.1, -0.05) is 0 Å². The van der Waals surface area contributed by atoms with Gasteiger partial charge in [-0.25, -0.2) is 4.79 Å². The summed E-state index contributed by atoms with van der Waals surface area (Å²) in [6.07, 6.45) is 0.860. The van der Waals surface area contributed by atoms with Crippen molar-refractivity contribution in [1.29, 1.82) is 0 Å². The van der Waals surface area contributed by atoms with Crippen molar-refractivity contribution in [1.82, 2.24) is 0 Å². The first-order valence-corrected chi connectivity index (χ1v) is 6.02. The number of hydrogen-bond donors (Lipinski definition) is 1. The molecule has 0 saturated heterocycles. The molecule has 0 aliphatic carbocycles. The molecule has 0 amide bonds. The molecule has 1 aliphatic rings. The van der Waals surface area contributed by atoms with Crippen molar-refractivity contribution in [2.75, 3.05) is 34.0 Å². The first-order valence-electron chi connectivity index (χ1n) is 6.02. The first-order chi connectivity index (χ1) is 8.66. The highest BCUT2D eigenvalue weighted by Gasteiger charge is 2.16. The Bertz CT molecular complexity index is 431. The molecule has 1 heterocycles. The number of esters is 1. The third kappa shape index (κ3) is 3.13. The number of benzene rings is 1. The van der Waals surface area contributed by atoms with Gasteiger partial charge in [0.15, 0.2) is 11.5 Å². The highest BCUT2D eigenvalue weighted by atomic mass is 16.7. The molecular weight excluding hydrogens is 234 g/mol. The van der Waals surface area contributed by atoms with Crippen LogP contribution in [0.3, 0.4) is 0 Å². The van der Waals surface area contributed by atoms with E-state index in [4.69, 9.17) is 14.2 Å². The molecule has 1 N–H and O–H groups in total. The summed E-state index contributed by atoms with van der Waals surface area (Å²) in [4.78, 5) is 13.1. The molecule has 5 nitrogen and oxygen atoms in total. The quantitative estimate of drug-likeness (QED) is 0.597. The Labute approximate surface area is 106 Å². The fourth-order valence-corrected chi connectivity index (χ4v) is 1.70.